The second-order valence-electron chi connectivity index (χ2n) is 8.25. The molecule has 1 N–H and O–H groups in total. The molecule has 1 aliphatic carbocycles. The molecule has 194 valence electrons. The van der Waals surface area contributed by atoms with Gasteiger partial charge in [-0.05, 0) is 42.3 Å². The lowest BCUT2D eigenvalue weighted by Crippen LogP contribution is -2.52. The van der Waals surface area contributed by atoms with Crippen LogP contribution in [0.25, 0.3) is 11.1 Å². The summed E-state index contributed by atoms with van der Waals surface area (Å²) >= 11 is 0. The first kappa shape index (κ1) is 25.8. The van der Waals surface area contributed by atoms with Crippen molar-refractivity contribution < 1.29 is 49.7 Å². The fraction of sp³-hybridized carbons (Fsp3) is 0.333. The Balaban J connectivity index is 1.77. The van der Waals surface area contributed by atoms with Gasteiger partial charge in [-0.2, -0.15) is 22.0 Å². The summed E-state index contributed by atoms with van der Waals surface area (Å²) in [6.07, 6.45) is -3.30. The quantitative estimate of drug-likeness (QED) is 0.376. The largest absolute Gasteiger partial charge is 0.489 e. The van der Waals surface area contributed by atoms with Crippen LogP contribution in [-0.4, -0.2) is 43.2 Å². The van der Waals surface area contributed by atoms with Gasteiger partial charge in [0.2, 0.25) is 0 Å². The molecular formula is C24H19F8NO3. The SMILES string of the molecule is OC(CN1c2cccc(-c3cc(F)c(F)c(F)c3)c2OCC1[C@@H]1C=C(OC(F)F)C=CC1)C(F)(F)F. The van der Waals surface area contributed by atoms with E-state index in [2.05, 4.69) is 4.74 Å². The molecule has 1 aliphatic heterocycles. The molecule has 12 heteroatoms. The van der Waals surface area contributed by atoms with Gasteiger partial charge in [0.1, 0.15) is 12.4 Å². The molecule has 0 fully saturated rings. The maximum atomic E-state index is 13.9. The van der Waals surface area contributed by atoms with E-state index in [0.29, 0.717) is 0 Å². The predicted molar refractivity (Wildman–Crippen MR) is 113 cm³/mol. The van der Waals surface area contributed by atoms with E-state index in [9.17, 15) is 40.2 Å². The second-order valence-corrected chi connectivity index (χ2v) is 8.25. The Bertz CT molecular complexity index is 1160. The van der Waals surface area contributed by atoms with Crippen LogP contribution >= 0.6 is 0 Å². The molecule has 4 rings (SSSR count). The molecule has 0 bridgehead atoms. The number of anilines is 1. The van der Waals surface area contributed by atoms with Crippen molar-refractivity contribution in [2.75, 3.05) is 18.1 Å². The maximum absolute atomic E-state index is 13.9. The Kier molecular flexibility index (Phi) is 7.17. The molecule has 2 aromatic carbocycles. The smallest absolute Gasteiger partial charge is 0.416 e. The summed E-state index contributed by atoms with van der Waals surface area (Å²) in [7, 11) is 0. The number of ether oxygens (including phenoxy) is 2. The number of halogens is 8. The van der Waals surface area contributed by atoms with Crippen molar-refractivity contribution in [2.24, 2.45) is 5.92 Å². The minimum Gasteiger partial charge on any atom is -0.489 e. The fourth-order valence-corrected chi connectivity index (χ4v) is 4.28. The van der Waals surface area contributed by atoms with Gasteiger partial charge in [0.25, 0.3) is 0 Å². The summed E-state index contributed by atoms with van der Waals surface area (Å²) in [6, 6.07) is 4.77. The highest BCUT2D eigenvalue weighted by Gasteiger charge is 2.43. The van der Waals surface area contributed by atoms with E-state index in [1.54, 1.807) is 0 Å². The van der Waals surface area contributed by atoms with E-state index in [0.717, 1.165) is 12.1 Å². The van der Waals surface area contributed by atoms with Crippen LogP contribution in [0.3, 0.4) is 0 Å². The molecule has 36 heavy (non-hydrogen) atoms. The van der Waals surface area contributed by atoms with E-state index >= 15 is 0 Å². The van der Waals surface area contributed by atoms with Crippen molar-refractivity contribution in [2.45, 2.75) is 31.4 Å². The summed E-state index contributed by atoms with van der Waals surface area (Å²) in [4.78, 5) is 1.22. The number of hydrogen-bond donors (Lipinski definition) is 1. The summed E-state index contributed by atoms with van der Waals surface area (Å²) in [5.41, 5.74) is 0.0265. The molecule has 3 atom stereocenters. The van der Waals surface area contributed by atoms with Crippen LogP contribution in [0.5, 0.6) is 5.75 Å². The third-order valence-electron chi connectivity index (χ3n) is 5.93. The van der Waals surface area contributed by atoms with Gasteiger partial charge in [-0.25, -0.2) is 13.2 Å². The normalized spacial score (nSPS) is 20.6. The number of para-hydroxylation sites is 1. The van der Waals surface area contributed by atoms with Crippen molar-refractivity contribution >= 4 is 5.69 Å². The zero-order valence-electron chi connectivity index (χ0n) is 18.3. The number of rotatable bonds is 6. The van der Waals surface area contributed by atoms with E-state index in [1.807, 2.05) is 0 Å². The monoisotopic (exact) mass is 521 g/mol. The van der Waals surface area contributed by atoms with Gasteiger partial charge in [-0.15, -0.1) is 0 Å². The number of aliphatic hydroxyl groups is 1. The number of alkyl halides is 5. The van der Waals surface area contributed by atoms with Crippen molar-refractivity contribution in [1.29, 1.82) is 0 Å². The zero-order chi connectivity index (χ0) is 26.2. The van der Waals surface area contributed by atoms with Gasteiger partial charge in [0, 0.05) is 11.5 Å². The second kappa shape index (κ2) is 10.00. The number of benzene rings is 2. The van der Waals surface area contributed by atoms with E-state index < -0.39 is 54.8 Å². The van der Waals surface area contributed by atoms with Crippen molar-refractivity contribution in [3.05, 3.63) is 71.8 Å². The third-order valence-corrected chi connectivity index (χ3v) is 5.93. The van der Waals surface area contributed by atoms with Crippen LogP contribution in [0, 0.1) is 23.4 Å². The van der Waals surface area contributed by atoms with Crippen LogP contribution in [0.4, 0.5) is 40.8 Å². The molecule has 0 radical (unpaired) electrons. The van der Waals surface area contributed by atoms with Gasteiger partial charge >= 0.3 is 12.8 Å². The number of nitrogens with zero attached hydrogens (tertiary/aromatic N) is 1. The van der Waals surface area contributed by atoms with Gasteiger partial charge in [0.15, 0.2) is 29.3 Å². The highest BCUT2D eigenvalue weighted by Crippen LogP contribution is 2.45. The first-order chi connectivity index (χ1) is 17.0. The summed E-state index contributed by atoms with van der Waals surface area (Å²) < 4.78 is 117. The molecule has 0 aromatic heterocycles. The van der Waals surface area contributed by atoms with Crippen molar-refractivity contribution in [1.82, 2.24) is 0 Å². The van der Waals surface area contributed by atoms with Gasteiger partial charge in [0.05, 0.1) is 18.3 Å². The summed E-state index contributed by atoms with van der Waals surface area (Å²) in [5, 5.41) is 9.84. The highest BCUT2D eigenvalue weighted by molar-refractivity contribution is 5.80. The van der Waals surface area contributed by atoms with E-state index in [-0.39, 0.29) is 41.4 Å². The van der Waals surface area contributed by atoms with E-state index in [1.165, 1.54) is 41.3 Å². The van der Waals surface area contributed by atoms with Crippen LogP contribution in [0.15, 0.2) is 54.3 Å². The first-order valence-electron chi connectivity index (χ1n) is 10.7. The van der Waals surface area contributed by atoms with Crippen molar-refractivity contribution in [3.63, 3.8) is 0 Å². The molecular weight excluding hydrogens is 502 g/mol. The van der Waals surface area contributed by atoms with Gasteiger partial charge < -0.3 is 19.5 Å². The topological polar surface area (TPSA) is 41.9 Å². The van der Waals surface area contributed by atoms with Crippen LogP contribution in [0.2, 0.25) is 0 Å². The number of β-amino-alcohol motifs (C(OH)–C–C–N with tert-alkyl or cyclic N) is 1. The lowest BCUT2D eigenvalue weighted by molar-refractivity contribution is -0.200. The van der Waals surface area contributed by atoms with Gasteiger partial charge in [-0.1, -0.05) is 18.2 Å². The number of hydrogen-bond acceptors (Lipinski definition) is 4. The first-order valence-corrected chi connectivity index (χ1v) is 10.7. The van der Waals surface area contributed by atoms with Crippen LogP contribution in [0.1, 0.15) is 6.42 Å². The molecule has 2 unspecified atom stereocenters. The minimum absolute atomic E-state index is 0.0343. The van der Waals surface area contributed by atoms with Crippen molar-refractivity contribution in [3.8, 4) is 16.9 Å². The van der Waals surface area contributed by atoms with Crippen LogP contribution in [-0.2, 0) is 4.74 Å². The average molecular weight is 521 g/mol. The zero-order valence-corrected chi connectivity index (χ0v) is 18.3. The molecule has 2 aliphatic rings. The maximum Gasteiger partial charge on any atom is 0.416 e. The average Bonchev–Trinajstić information content (AvgIpc) is 2.81. The number of aliphatic hydroxyl groups excluding tert-OH is 1. The Morgan fingerprint density at radius 2 is 1.81 bits per heavy atom. The summed E-state index contributed by atoms with van der Waals surface area (Å²) in [6.45, 7) is -4.29. The highest BCUT2D eigenvalue weighted by atomic mass is 19.4. The Labute approximate surface area is 200 Å². The van der Waals surface area contributed by atoms with E-state index in [4.69, 9.17) is 4.74 Å². The number of allylic oxidation sites excluding steroid dienone is 2. The van der Waals surface area contributed by atoms with Gasteiger partial charge in [-0.3, -0.25) is 0 Å². The molecule has 2 aromatic rings. The molecule has 0 spiro atoms. The lowest BCUT2D eigenvalue weighted by Gasteiger charge is -2.43. The molecule has 0 saturated carbocycles. The third kappa shape index (κ3) is 5.28. The predicted octanol–water partition coefficient (Wildman–Crippen LogP) is 5.96. The Morgan fingerprint density at radius 3 is 2.44 bits per heavy atom. The summed E-state index contributed by atoms with van der Waals surface area (Å²) in [5.74, 6) is -5.46. The number of fused-ring (bicyclic) bond motifs is 1. The standard InChI is InChI=1S/C24H19F8NO3/c25-16-8-13(9-17(26)21(16)27)15-5-2-6-18-22(15)35-11-19(33(18)10-20(34)24(30,31)32)12-3-1-4-14(7-12)36-23(28)29/h1-2,4-9,12,19-20,23,34H,3,10-11H2/t12-,19?,20?/m0/s1. The lowest BCUT2D eigenvalue weighted by atomic mass is 9.89. The minimum atomic E-state index is -4.96. The molecule has 0 amide bonds. The Hall–Kier alpha value is -3.28. The molecule has 1 heterocycles. The molecule has 0 saturated heterocycles. The van der Waals surface area contributed by atoms with Crippen LogP contribution < -0.4 is 9.64 Å². The fourth-order valence-electron chi connectivity index (χ4n) is 4.28. The Morgan fingerprint density at radius 1 is 1.11 bits per heavy atom. The molecule has 4 nitrogen and oxygen atoms in total.